The zero-order valence-corrected chi connectivity index (χ0v) is 22.6. The average molecular weight is 511 g/mol. The molecule has 1 heterocycles. The summed E-state index contributed by atoms with van der Waals surface area (Å²) in [4.78, 5) is 42.1. The zero-order chi connectivity index (χ0) is 27.3. The number of carbonyl (C=O) groups is 3. The normalized spacial score (nSPS) is 14.7. The third kappa shape index (κ3) is 7.38. The molecular formula is C29H39FN4O3. The van der Waals surface area contributed by atoms with Crippen molar-refractivity contribution in [3.8, 4) is 0 Å². The van der Waals surface area contributed by atoms with Crippen LogP contribution in [0.15, 0.2) is 36.4 Å². The van der Waals surface area contributed by atoms with Crippen LogP contribution < -0.4 is 16.0 Å². The molecule has 0 aromatic heterocycles. The first-order valence-corrected chi connectivity index (χ1v) is 12.9. The summed E-state index contributed by atoms with van der Waals surface area (Å²) in [5.74, 6) is -1.03. The van der Waals surface area contributed by atoms with Crippen molar-refractivity contribution < 1.29 is 18.8 Å². The van der Waals surface area contributed by atoms with E-state index in [4.69, 9.17) is 5.73 Å². The van der Waals surface area contributed by atoms with Gasteiger partial charge in [0.15, 0.2) is 0 Å². The third-order valence-corrected chi connectivity index (χ3v) is 6.49. The second-order valence-corrected chi connectivity index (χ2v) is 10.7. The Morgan fingerprint density at radius 1 is 1.05 bits per heavy atom. The van der Waals surface area contributed by atoms with E-state index in [0.29, 0.717) is 30.5 Å². The Labute approximate surface area is 219 Å². The molecule has 3 amide bonds. The number of nitrogens with two attached hydrogens (primary N) is 1. The summed E-state index contributed by atoms with van der Waals surface area (Å²) in [6.45, 7) is 9.50. The lowest BCUT2D eigenvalue weighted by Crippen LogP contribution is -2.49. The summed E-state index contributed by atoms with van der Waals surface area (Å²) in [5, 5.41) is 2.89. The Bertz CT molecular complexity index is 1160. The first-order chi connectivity index (χ1) is 17.4. The highest BCUT2D eigenvalue weighted by atomic mass is 19.1. The second-order valence-electron chi connectivity index (χ2n) is 10.7. The third-order valence-electron chi connectivity index (χ3n) is 6.49. The van der Waals surface area contributed by atoms with Gasteiger partial charge in [0, 0.05) is 30.2 Å². The number of rotatable bonds is 8. The lowest BCUT2D eigenvalue weighted by atomic mass is 9.94. The maximum atomic E-state index is 14.2. The molecule has 0 fully saturated rings. The van der Waals surface area contributed by atoms with Gasteiger partial charge in [0.2, 0.25) is 17.7 Å². The smallest absolute Gasteiger partial charge is 0.247 e. The first kappa shape index (κ1) is 28.3. The van der Waals surface area contributed by atoms with Crippen molar-refractivity contribution in [3.63, 3.8) is 0 Å². The molecule has 8 heteroatoms. The van der Waals surface area contributed by atoms with Crippen LogP contribution in [0.2, 0.25) is 0 Å². The predicted molar refractivity (Wildman–Crippen MR) is 144 cm³/mol. The van der Waals surface area contributed by atoms with E-state index in [0.717, 1.165) is 16.7 Å². The number of hydrogen-bond donors (Lipinski definition) is 2. The monoisotopic (exact) mass is 510 g/mol. The van der Waals surface area contributed by atoms with Gasteiger partial charge in [-0.05, 0) is 74.4 Å². The standard InChI is InChI=1S/C29H39FN4O3/c1-6-19-14-24(30)20(7-2)12-22(19)13-23(31)15-27(36)33-16-21-10-8-9-11-25(21)34(28(37)18-33)17-26(35)32-29(3,4)5/h8-12,14,23H,6-7,13,15-18,31H2,1-5H3,(H,32,35)/t23-/m1/s1. The SMILES string of the molecule is CCc1cc(C[C@@H](N)CC(=O)N2CC(=O)N(CC(=O)NC(C)(C)C)c3ccccc3C2)c(CC)cc1F. The molecule has 0 saturated heterocycles. The maximum Gasteiger partial charge on any atom is 0.247 e. The van der Waals surface area contributed by atoms with Gasteiger partial charge in [0.1, 0.15) is 18.9 Å². The highest BCUT2D eigenvalue weighted by molar-refractivity contribution is 6.02. The van der Waals surface area contributed by atoms with Gasteiger partial charge in [0.25, 0.3) is 0 Å². The number of hydrogen-bond acceptors (Lipinski definition) is 4. The highest BCUT2D eigenvalue weighted by Crippen LogP contribution is 2.26. The van der Waals surface area contributed by atoms with Gasteiger partial charge in [-0.15, -0.1) is 0 Å². The lowest BCUT2D eigenvalue weighted by molar-refractivity contribution is -0.136. The summed E-state index contributed by atoms with van der Waals surface area (Å²) in [6, 6.07) is 10.3. The number of para-hydroxylation sites is 1. The van der Waals surface area contributed by atoms with E-state index in [1.54, 1.807) is 12.1 Å². The molecule has 1 atom stereocenters. The molecule has 0 aliphatic carbocycles. The quantitative estimate of drug-likeness (QED) is 0.568. The van der Waals surface area contributed by atoms with E-state index in [1.165, 1.54) is 9.80 Å². The predicted octanol–water partition coefficient (Wildman–Crippen LogP) is 3.50. The molecule has 37 heavy (non-hydrogen) atoms. The number of fused-ring (bicyclic) bond motifs is 1. The van der Waals surface area contributed by atoms with E-state index in [1.807, 2.05) is 58.9 Å². The summed E-state index contributed by atoms with van der Waals surface area (Å²) < 4.78 is 14.2. The van der Waals surface area contributed by atoms with Gasteiger partial charge in [-0.25, -0.2) is 4.39 Å². The molecule has 2 aromatic carbocycles. The van der Waals surface area contributed by atoms with Crippen molar-refractivity contribution in [1.82, 2.24) is 10.2 Å². The summed E-state index contributed by atoms with van der Waals surface area (Å²) in [6.07, 6.45) is 1.76. The topological polar surface area (TPSA) is 95.7 Å². The Morgan fingerprint density at radius 3 is 2.38 bits per heavy atom. The van der Waals surface area contributed by atoms with Crippen molar-refractivity contribution in [2.75, 3.05) is 18.0 Å². The molecule has 3 N–H and O–H groups in total. The van der Waals surface area contributed by atoms with E-state index < -0.39 is 11.6 Å². The number of carbonyl (C=O) groups excluding carboxylic acids is 3. The summed E-state index contributed by atoms with van der Waals surface area (Å²) in [5.41, 5.74) is 9.87. The van der Waals surface area contributed by atoms with Crippen LogP contribution in [0.25, 0.3) is 0 Å². The largest absolute Gasteiger partial charge is 0.350 e. The zero-order valence-electron chi connectivity index (χ0n) is 22.6. The molecule has 0 bridgehead atoms. The van der Waals surface area contributed by atoms with Crippen molar-refractivity contribution in [2.45, 2.75) is 78.4 Å². The van der Waals surface area contributed by atoms with E-state index in [9.17, 15) is 18.8 Å². The van der Waals surface area contributed by atoms with Gasteiger partial charge in [-0.1, -0.05) is 38.1 Å². The van der Waals surface area contributed by atoms with Crippen molar-refractivity contribution in [3.05, 3.63) is 64.5 Å². The molecule has 1 aliphatic heterocycles. The van der Waals surface area contributed by atoms with Gasteiger partial charge < -0.3 is 20.9 Å². The van der Waals surface area contributed by atoms with E-state index in [2.05, 4.69) is 5.32 Å². The number of nitrogens with one attached hydrogen (secondary N) is 1. The van der Waals surface area contributed by atoms with Crippen LogP contribution in [0.3, 0.4) is 0 Å². The Kier molecular flexibility index (Phi) is 9.07. The van der Waals surface area contributed by atoms with Gasteiger partial charge in [-0.3, -0.25) is 14.4 Å². The maximum absolute atomic E-state index is 14.2. The number of benzene rings is 2. The van der Waals surface area contributed by atoms with Crippen LogP contribution in [-0.4, -0.2) is 47.3 Å². The average Bonchev–Trinajstić information content (AvgIpc) is 2.95. The van der Waals surface area contributed by atoms with Crippen LogP contribution in [0.5, 0.6) is 0 Å². The Morgan fingerprint density at radius 2 is 1.73 bits per heavy atom. The Balaban J connectivity index is 1.75. The van der Waals surface area contributed by atoms with Crippen LogP contribution in [0.4, 0.5) is 10.1 Å². The lowest BCUT2D eigenvalue weighted by Gasteiger charge is -2.26. The number of aryl methyl sites for hydroxylation is 2. The molecule has 2 aromatic rings. The summed E-state index contributed by atoms with van der Waals surface area (Å²) >= 11 is 0. The molecule has 3 rings (SSSR count). The molecule has 1 aliphatic rings. The van der Waals surface area contributed by atoms with Crippen LogP contribution in [0.1, 0.15) is 63.3 Å². The minimum atomic E-state index is -0.477. The molecule has 200 valence electrons. The molecule has 0 spiro atoms. The van der Waals surface area contributed by atoms with Gasteiger partial charge in [0.05, 0.1) is 0 Å². The van der Waals surface area contributed by atoms with Crippen LogP contribution in [0, 0.1) is 5.82 Å². The van der Waals surface area contributed by atoms with E-state index >= 15 is 0 Å². The fourth-order valence-corrected chi connectivity index (χ4v) is 4.71. The fraction of sp³-hybridized carbons (Fsp3) is 0.483. The summed E-state index contributed by atoms with van der Waals surface area (Å²) in [7, 11) is 0. The first-order valence-electron chi connectivity index (χ1n) is 12.9. The van der Waals surface area contributed by atoms with Crippen LogP contribution in [-0.2, 0) is 40.2 Å². The molecule has 7 nitrogen and oxygen atoms in total. The minimum Gasteiger partial charge on any atom is -0.350 e. The fourth-order valence-electron chi connectivity index (χ4n) is 4.71. The minimum absolute atomic E-state index is 0.0575. The van der Waals surface area contributed by atoms with Crippen molar-refractivity contribution in [2.24, 2.45) is 5.73 Å². The number of amides is 3. The molecule has 0 saturated carbocycles. The Hall–Kier alpha value is -3.26. The van der Waals surface area contributed by atoms with Gasteiger partial charge >= 0.3 is 0 Å². The number of anilines is 1. The van der Waals surface area contributed by atoms with Gasteiger partial charge in [-0.2, -0.15) is 0 Å². The molecule has 0 radical (unpaired) electrons. The highest BCUT2D eigenvalue weighted by Gasteiger charge is 2.31. The number of nitrogens with zero attached hydrogens (tertiary/aromatic N) is 2. The van der Waals surface area contributed by atoms with Crippen LogP contribution >= 0.6 is 0 Å². The van der Waals surface area contributed by atoms with Crippen molar-refractivity contribution >= 4 is 23.4 Å². The number of halogens is 1. The second kappa shape index (κ2) is 11.9. The molecule has 0 unspecified atom stereocenters. The molecular weight excluding hydrogens is 471 g/mol. The van der Waals surface area contributed by atoms with E-state index in [-0.39, 0.29) is 49.6 Å². The van der Waals surface area contributed by atoms with Crippen molar-refractivity contribution in [1.29, 1.82) is 0 Å².